The number of hydrogen-bond acceptors (Lipinski definition) is 8. The second-order valence-corrected chi connectivity index (χ2v) is 8.75. The molecule has 0 saturated carbocycles. The predicted octanol–water partition coefficient (Wildman–Crippen LogP) is 3.39. The molecule has 2 aromatic heterocycles. The van der Waals surface area contributed by atoms with E-state index in [0.717, 1.165) is 35.9 Å². The minimum absolute atomic E-state index is 0.0638. The smallest absolute Gasteiger partial charge is 0.229 e. The highest BCUT2D eigenvalue weighted by Gasteiger charge is 2.22. The SMILES string of the molecule is CC(=O)c1ccc(N2CCN(C(=O)Cc3csc(Nc4nc(C)cc(C)n4)n3)CC2)cc1. The first-order valence-corrected chi connectivity index (χ1v) is 11.4. The van der Waals surface area contributed by atoms with Crippen molar-refractivity contribution in [1.29, 1.82) is 0 Å². The molecule has 32 heavy (non-hydrogen) atoms. The van der Waals surface area contributed by atoms with Gasteiger partial charge in [-0.05, 0) is 51.1 Å². The summed E-state index contributed by atoms with van der Waals surface area (Å²) in [6, 6.07) is 9.56. The summed E-state index contributed by atoms with van der Waals surface area (Å²) in [5.41, 5.74) is 4.31. The molecule has 1 N–H and O–H groups in total. The molecule has 1 fully saturated rings. The number of benzene rings is 1. The van der Waals surface area contributed by atoms with Gasteiger partial charge in [-0.2, -0.15) is 0 Å². The van der Waals surface area contributed by atoms with E-state index < -0.39 is 0 Å². The van der Waals surface area contributed by atoms with Crippen LogP contribution in [0.25, 0.3) is 0 Å². The number of hydrogen-bond donors (Lipinski definition) is 1. The predicted molar refractivity (Wildman–Crippen MR) is 126 cm³/mol. The first kappa shape index (κ1) is 21.9. The van der Waals surface area contributed by atoms with E-state index in [4.69, 9.17) is 0 Å². The van der Waals surface area contributed by atoms with Crippen LogP contribution in [-0.4, -0.2) is 57.7 Å². The number of amides is 1. The van der Waals surface area contributed by atoms with Crippen LogP contribution in [-0.2, 0) is 11.2 Å². The Hall–Kier alpha value is -3.33. The standard InChI is InChI=1S/C23H26N6O2S/c1-15-12-16(2)25-22(24-15)27-23-26-19(14-32-23)13-21(31)29-10-8-28(9-11-29)20-6-4-18(5-7-20)17(3)30/h4-7,12,14H,8-11,13H2,1-3H3,(H,24,25,26,27). The molecule has 3 aromatic rings. The number of thiazole rings is 1. The van der Waals surface area contributed by atoms with Gasteiger partial charge in [-0.3, -0.25) is 9.59 Å². The molecule has 0 bridgehead atoms. The van der Waals surface area contributed by atoms with E-state index in [1.807, 2.05) is 54.5 Å². The monoisotopic (exact) mass is 450 g/mol. The van der Waals surface area contributed by atoms with E-state index in [1.54, 1.807) is 6.92 Å². The van der Waals surface area contributed by atoms with Crippen molar-refractivity contribution in [3.05, 3.63) is 58.4 Å². The van der Waals surface area contributed by atoms with Crippen LogP contribution >= 0.6 is 11.3 Å². The summed E-state index contributed by atoms with van der Waals surface area (Å²) >= 11 is 1.44. The van der Waals surface area contributed by atoms with E-state index in [9.17, 15) is 9.59 Å². The second kappa shape index (κ2) is 9.44. The molecule has 0 radical (unpaired) electrons. The van der Waals surface area contributed by atoms with Crippen molar-refractivity contribution in [2.75, 3.05) is 36.4 Å². The molecule has 0 aliphatic carbocycles. The van der Waals surface area contributed by atoms with Gasteiger partial charge in [0.2, 0.25) is 11.9 Å². The maximum atomic E-state index is 12.8. The van der Waals surface area contributed by atoms with Crippen LogP contribution in [0.1, 0.15) is 34.4 Å². The highest BCUT2D eigenvalue weighted by atomic mass is 32.1. The van der Waals surface area contributed by atoms with Crippen LogP contribution in [0.3, 0.4) is 0 Å². The number of anilines is 3. The molecule has 1 aliphatic heterocycles. The van der Waals surface area contributed by atoms with E-state index in [-0.39, 0.29) is 18.1 Å². The van der Waals surface area contributed by atoms with Gasteiger partial charge in [0.1, 0.15) is 0 Å². The van der Waals surface area contributed by atoms with Crippen molar-refractivity contribution >= 4 is 39.8 Å². The number of aromatic nitrogens is 3. The number of rotatable bonds is 6. The van der Waals surface area contributed by atoms with Crippen LogP contribution in [0.4, 0.5) is 16.8 Å². The number of carbonyl (C=O) groups is 2. The topological polar surface area (TPSA) is 91.3 Å². The molecule has 4 rings (SSSR count). The Balaban J connectivity index is 1.30. The normalized spacial score (nSPS) is 13.8. The van der Waals surface area contributed by atoms with Gasteiger partial charge >= 0.3 is 0 Å². The maximum Gasteiger partial charge on any atom is 0.229 e. The Morgan fingerprint density at radius 3 is 2.28 bits per heavy atom. The van der Waals surface area contributed by atoms with Crippen LogP contribution in [0.2, 0.25) is 0 Å². The van der Waals surface area contributed by atoms with Crippen molar-refractivity contribution in [2.24, 2.45) is 0 Å². The Morgan fingerprint density at radius 2 is 1.66 bits per heavy atom. The van der Waals surface area contributed by atoms with E-state index in [2.05, 4.69) is 25.2 Å². The third-order valence-electron chi connectivity index (χ3n) is 5.36. The number of piperazine rings is 1. The average molecular weight is 451 g/mol. The molecular weight excluding hydrogens is 424 g/mol. The lowest BCUT2D eigenvalue weighted by Gasteiger charge is -2.36. The maximum absolute atomic E-state index is 12.8. The Morgan fingerprint density at radius 1 is 1.00 bits per heavy atom. The van der Waals surface area contributed by atoms with Gasteiger partial charge < -0.3 is 15.1 Å². The number of aryl methyl sites for hydroxylation is 2. The third kappa shape index (κ3) is 5.28. The number of Topliss-reactive ketones (excluding diaryl/α,β-unsaturated/α-hetero) is 1. The molecule has 3 heterocycles. The molecule has 1 aromatic carbocycles. The minimum atomic E-state index is 0.0638. The lowest BCUT2D eigenvalue weighted by Crippen LogP contribution is -2.49. The molecule has 1 amide bonds. The molecule has 9 heteroatoms. The Bertz CT molecular complexity index is 1100. The summed E-state index contributed by atoms with van der Waals surface area (Å²) in [6.45, 7) is 8.27. The van der Waals surface area contributed by atoms with Crippen LogP contribution < -0.4 is 10.2 Å². The van der Waals surface area contributed by atoms with E-state index >= 15 is 0 Å². The van der Waals surface area contributed by atoms with Gasteiger partial charge in [-0.25, -0.2) is 15.0 Å². The van der Waals surface area contributed by atoms with Crippen molar-refractivity contribution in [1.82, 2.24) is 19.9 Å². The second-order valence-electron chi connectivity index (χ2n) is 7.89. The molecule has 166 valence electrons. The summed E-state index contributed by atoms with van der Waals surface area (Å²) in [7, 11) is 0. The fourth-order valence-electron chi connectivity index (χ4n) is 3.71. The molecule has 0 spiro atoms. The Labute approximate surface area is 191 Å². The van der Waals surface area contributed by atoms with Crippen molar-refractivity contribution in [3.8, 4) is 0 Å². The molecule has 0 atom stereocenters. The molecule has 1 aliphatic rings. The zero-order chi connectivity index (χ0) is 22.7. The summed E-state index contributed by atoms with van der Waals surface area (Å²) < 4.78 is 0. The van der Waals surface area contributed by atoms with E-state index in [1.165, 1.54) is 11.3 Å². The number of nitrogens with zero attached hydrogens (tertiary/aromatic N) is 5. The first-order chi connectivity index (χ1) is 15.4. The van der Waals surface area contributed by atoms with Gasteiger partial charge in [0.25, 0.3) is 0 Å². The number of ketones is 1. The van der Waals surface area contributed by atoms with Crippen LogP contribution in [0.15, 0.2) is 35.7 Å². The van der Waals surface area contributed by atoms with E-state index in [0.29, 0.717) is 29.7 Å². The molecule has 8 nitrogen and oxygen atoms in total. The van der Waals surface area contributed by atoms with Crippen molar-refractivity contribution in [2.45, 2.75) is 27.2 Å². The van der Waals surface area contributed by atoms with Gasteiger partial charge in [0.15, 0.2) is 10.9 Å². The van der Waals surface area contributed by atoms with Gasteiger partial charge in [0, 0.05) is 54.2 Å². The molecule has 0 unspecified atom stereocenters. The van der Waals surface area contributed by atoms with Crippen LogP contribution in [0.5, 0.6) is 0 Å². The third-order valence-corrected chi connectivity index (χ3v) is 6.16. The molecule has 1 saturated heterocycles. The zero-order valence-corrected chi connectivity index (χ0v) is 19.3. The summed E-state index contributed by atoms with van der Waals surface area (Å²) in [5.74, 6) is 0.659. The van der Waals surface area contributed by atoms with Crippen molar-refractivity contribution in [3.63, 3.8) is 0 Å². The fraction of sp³-hybridized carbons (Fsp3) is 0.348. The Kier molecular flexibility index (Phi) is 6.45. The number of carbonyl (C=O) groups excluding carboxylic acids is 2. The molecular formula is C23H26N6O2S. The number of nitrogens with one attached hydrogen (secondary N) is 1. The fourth-order valence-corrected chi connectivity index (χ4v) is 4.41. The summed E-state index contributed by atoms with van der Waals surface area (Å²) in [6.07, 6.45) is 0.277. The lowest BCUT2D eigenvalue weighted by molar-refractivity contribution is -0.130. The summed E-state index contributed by atoms with van der Waals surface area (Å²) in [4.78, 5) is 41.6. The summed E-state index contributed by atoms with van der Waals surface area (Å²) in [5, 5.41) is 5.70. The van der Waals surface area contributed by atoms with Gasteiger partial charge in [-0.15, -0.1) is 11.3 Å². The first-order valence-electron chi connectivity index (χ1n) is 10.5. The average Bonchev–Trinajstić information content (AvgIpc) is 3.19. The highest BCUT2D eigenvalue weighted by molar-refractivity contribution is 7.13. The van der Waals surface area contributed by atoms with Crippen molar-refractivity contribution < 1.29 is 9.59 Å². The van der Waals surface area contributed by atoms with Gasteiger partial charge in [-0.1, -0.05) is 0 Å². The zero-order valence-electron chi connectivity index (χ0n) is 18.5. The van der Waals surface area contributed by atoms with Crippen LogP contribution in [0, 0.1) is 13.8 Å². The lowest BCUT2D eigenvalue weighted by atomic mass is 10.1. The quantitative estimate of drug-likeness (QED) is 0.576. The highest BCUT2D eigenvalue weighted by Crippen LogP contribution is 2.21. The largest absolute Gasteiger partial charge is 0.368 e. The minimum Gasteiger partial charge on any atom is -0.368 e. The van der Waals surface area contributed by atoms with Gasteiger partial charge in [0.05, 0.1) is 12.1 Å².